The Morgan fingerprint density at radius 1 is 1.56 bits per heavy atom. The molecule has 6 nitrogen and oxygen atoms in total. The Bertz CT molecular complexity index is 465. The first kappa shape index (κ1) is 14.2. The quantitative estimate of drug-likeness (QED) is 0.635. The van der Waals surface area contributed by atoms with E-state index in [1.165, 1.54) is 18.2 Å². The molecule has 0 saturated heterocycles. The summed E-state index contributed by atoms with van der Waals surface area (Å²) in [5.74, 6) is -0.230. The fraction of sp³-hybridized carbons (Fsp3) is 0.364. The lowest BCUT2D eigenvalue weighted by atomic mass is 10.2. The van der Waals surface area contributed by atoms with E-state index in [2.05, 4.69) is 10.6 Å². The lowest BCUT2D eigenvalue weighted by Gasteiger charge is -2.14. The van der Waals surface area contributed by atoms with Gasteiger partial charge in [0, 0.05) is 17.6 Å². The number of nitrogens with one attached hydrogen (secondary N) is 2. The van der Waals surface area contributed by atoms with Crippen LogP contribution < -0.4 is 10.6 Å². The number of hydrogen-bond acceptors (Lipinski definition) is 4. The molecule has 1 aromatic carbocycles. The summed E-state index contributed by atoms with van der Waals surface area (Å²) in [4.78, 5) is 21.8. The van der Waals surface area contributed by atoms with Crippen molar-refractivity contribution in [2.24, 2.45) is 0 Å². The number of hydrogen-bond donors (Lipinski definition) is 2. The molecule has 7 heteroatoms. The first-order valence-electron chi connectivity index (χ1n) is 5.44. The third-order valence-electron chi connectivity index (χ3n) is 2.27. The number of rotatable bonds is 5. The molecule has 2 N–H and O–H groups in total. The molecule has 18 heavy (non-hydrogen) atoms. The first-order valence-corrected chi connectivity index (χ1v) is 5.81. The molecule has 0 aliphatic carbocycles. The summed E-state index contributed by atoms with van der Waals surface area (Å²) >= 11 is 5.78. The Labute approximate surface area is 109 Å². The van der Waals surface area contributed by atoms with Crippen LogP contribution in [0.25, 0.3) is 0 Å². The van der Waals surface area contributed by atoms with E-state index in [9.17, 15) is 14.9 Å². The highest BCUT2D eigenvalue weighted by Crippen LogP contribution is 2.28. The zero-order valence-corrected chi connectivity index (χ0v) is 10.8. The van der Waals surface area contributed by atoms with Gasteiger partial charge in [-0.25, -0.2) is 0 Å². The van der Waals surface area contributed by atoms with E-state index >= 15 is 0 Å². The summed E-state index contributed by atoms with van der Waals surface area (Å²) in [6, 6.07) is 3.58. The minimum atomic E-state index is -0.581. The first-order chi connectivity index (χ1) is 8.45. The van der Waals surface area contributed by atoms with Gasteiger partial charge in [0.05, 0.1) is 4.92 Å². The van der Waals surface area contributed by atoms with Gasteiger partial charge in [-0.05, 0) is 26.0 Å². The highest BCUT2D eigenvalue weighted by Gasteiger charge is 2.18. The average molecular weight is 272 g/mol. The molecule has 0 bridgehead atoms. The van der Waals surface area contributed by atoms with Gasteiger partial charge in [0.2, 0.25) is 5.91 Å². The van der Waals surface area contributed by atoms with E-state index in [-0.39, 0.29) is 17.3 Å². The van der Waals surface area contributed by atoms with E-state index in [1.54, 1.807) is 13.8 Å². The van der Waals surface area contributed by atoms with E-state index in [1.807, 2.05) is 0 Å². The normalized spacial score (nSPS) is 11.7. The van der Waals surface area contributed by atoms with Crippen molar-refractivity contribution in [3.05, 3.63) is 33.3 Å². The summed E-state index contributed by atoms with van der Waals surface area (Å²) in [5, 5.41) is 16.6. The van der Waals surface area contributed by atoms with Gasteiger partial charge >= 0.3 is 0 Å². The molecule has 1 unspecified atom stereocenters. The molecule has 98 valence electrons. The summed E-state index contributed by atoms with van der Waals surface area (Å²) in [7, 11) is 0. The van der Waals surface area contributed by atoms with Crippen molar-refractivity contribution in [3.8, 4) is 0 Å². The molecule has 1 amide bonds. The molecule has 0 radical (unpaired) electrons. The second-order valence-corrected chi connectivity index (χ2v) is 4.12. The van der Waals surface area contributed by atoms with Crippen LogP contribution in [0.1, 0.15) is 13.8 Å². The predicted octanol–water partition coefficient (Wildman–Crippen LogP) is 2.18. The third-order valence-corrected chi connectivity index (χ3v) is 2.51. The van der Waals surface area contributed by atoms with Crippen molar-refractivity contribution >= 4 is 28.9 Å². The Balaban J connectivity index is 2.92. The molecule has 0 aliphatic rings. The number of carbonyl (C=O) groups excluding carboxylic acids is 1. The molecule has 0 aromatic heterocycles. The summed E-state index contributed by atoms with van der Waals surface area (Å²) in [5.41, 5.74) is 0.113. The molecular weight excluding hydrogens is 258 g/mol. The van der Waals surface area contributed by atoms with Gasteiger partial charge in [-0.3, -0.25) is 14.9 Å². The molecule has 0 saturated carbocycles. The van der Waals surface area contributed by atoms with Gasteiger partial charge in [0.1, 0.15) is 11.7 Å². The van der Waals surface area contributed by atoms with Crippen LogP contribution in [-0.4, -0.2) is 23.4 Å². The Kier molecular flexibility index (Phi) is 4.91. The molecular formula is C11H14ClN3O3. The Morgan fingerprint density at radius 2 is 2.22 bits per heavy atom. The number of amides is 1. The number of benzene rings is 1. The summed E-state index contributed by atoms with van der Waals surface area (Å²) < 4.78 is 0. The van der Waals surface area contributed by atoms with Gasteiger partial charge in [-0.15, -0.1) is 0 Å². The van der Waals surface area contributed by atoms with Crippen molar-refractivity contribution in [1.82, 2.24) is 5.32 Å². The van der Waals surface area contributed by atoms with Crippen LogP contribution in [0.3, 0.4) is 0 Å². The van der Waals surface area contributed by atoms with Crippen molar-refractivity contribution in [2.75, 3.05) is 11.9 Å². The van der Waals surface area contributed by atoms with E-state index < -0.39 is 11.0 Å². The number of nitrogens with zero attached hydrogens (tertiary/aromatic N) is 1. The summed E-state index contributed by atoms with van der Waals surface area (Å²) in [6.45, 7) is 3.92. The van der Waals surface area contributed by atoms with E-state index in [4.69, 9.17) is 11.6 Å². The van der Waals surface area contributed by atoms with Crippen LogP contribution in [0.15, 0.2) is 18.2 Å². The zero-order valence-electron chi connectivity index (χ0n) is 10.1. The number of nitro groups is 1. The number of halogens is 1. The highest BCUT2D eigenvalue weighted by atomic mass is 35.5. The van der Waals surface area contributed by atoms with Gasteiger partial charge < -0.3 is 10.6 Å². The topological polar surface area (TPSA) is 84.3 Å². The largest absolute Gasteiger partial charge is 0.368 e. The Hall–Kier alpha value is -1.82. The monoisotopic (exact) mass is 271 g/mol. The van der Waals surface area contributed by atoms with Gasteiger partial charge in [0.15, 0.2) is 0 Å². The Morgan fingerprint density at radius 3 is 2.78 bits per heavy atom. The van der Waals surface area contributed by atoms with Crippen LogP contribution in [-0.2, 0) is 4.79 Å². The van der Waals surface area contributed by atoms with Crippen molar-refractivity contribution in [2.45, 2.75) is 19.9 Å². The average Bonchev–Trinajstić information content (AvgIpc) is 2.28. The lowest BCUT2D eigenvalue weighted by Crippen LogP contribution is -2.37. The maximum Gasteiger partial charge on any atom is 0.292 e. The van der Waals surface area contributed by atoms with Crippen LogP contribution >= 0.6 is 11.6 Å². The second-order valence-electron chi connectivity index (χ2n) is 3.68. The molecule has 1 atom stereocenters. The SMILES string of the molecule is CCNC(=O)C(C)Nc1cc(Cl)ccc1[N+](=O)[O-]. The van der Waals surface area contributed by atoms with E-state index in [0.29, 0.717) is 11.6 Å². The second kappa shape index (κ2) is 6.20. The third kappa shape index (κ3) is 3.59. The summed E-state index contributed by atoms with van der Waals surface area (Å²) in [6.07, 6.45) is 0. The number of carbonyl (C=O) groups is 1. The van der Waals surface area contributed by atoms with Crippen LogP contribution in [0, 0.1) is 10.1 Å². The smallest absolute Gasteiger partial charge is 0.292 e. The molecule has 0 spiro atoms. The lowest BCUT2D eigenvalue weighted by molar-refractivity contribution is -0.384. The van der Waals surface area contributed by atoms with Crippen molar-refractivity contribution < 1.29 is 9.72 Å². The van der Waals surface area contributed by atoms with Crippen LogP contribution in [0.4, 0.5) is 11.4 Å². The molecule has 1 aromatic rings. The van der Waals surface area contributed by atoms with E-state index in [0.717, 1.165) is 0 Å². The fourth-order valence-corrected chi connectivity index (χ4v) is 1.58. The van der Waals surface area contributed by atoms with Crippen molar-refractivity contribution in [1.29, 1.82) is 0 Å². The number of anilines is 1. The fourth-order valence-electron chi connectivity index (χ4n) is 1.41. The van der Waals surface area contributed by atoms with Crippen LogP contribution in [0.2, 0.25) is 5.02 Å². The van der Waals surface area contributed by atoms with Gasteiger partial charge in [-0.2, -0.15) is 0 Å². The van der Waals surface area contributed by atoms with Crippen LogP contribution in [0.5, 0.6) is 0 Å². The molecule has 0 fully saturated rings. The predicted molar refractivity (Wildman–Crippen MR) is 69.9 cm³/mol. The van der Waals surface area contributed by atoms with Gasteiger partial charge in [0.25, 0.3) is 5.69 Å². The highest BCUT2D eigenvalue weighted by molar-refractivity contribution is 6.31. The zero-order chi connectivity index (χ0) is 13.7. The molecule has 1 rings (SSSR count). The van der Waals surface area contributed by atoms with Gasteiger partial charge in [-0.1, -0.05) is 11.6 Å². The number of likely N-dealkylation sites (N-methyl/N-ethyl adjacent to an activating group) is 1. The molecule has 0 heterocycles. The standard InChI is InChI=1S/C11H14ClN3O3/c1-3-13-11(16)7(2)14-9-6-8(12)4-5-10(9)15(17)18/h4-7,14H,3H2,1-2H3,(H,13,16). The minimum absolute atomic E-state index is 0.115. The maximum absolute atomic E-state index is 11.5. The maximum atomic E-state index is 11.5. The molecule has 0 aliphatic heterocycles. The van der Waals surface area contributed by atoms with Crippen molar-refractivity contribution in [3.63, 3.8) is 0 Å². The minimum Gasteiger partial charge on any atom is -0.368 e. The number of nitro benzene ring substituents is 1.